The van der Waals surface area contributed by atoms with Crippen LogP contribution in [0.1, 0.15) is 49.4 Å². The van der Waals surface area contributed by atoms with E-state index >= 15 is 0 Å². The Labute approximate surface area is 136 Å². The lowest BCUT2D eigenvalue weighted by atomic mass is 9.89. The molecule has 0 N–H and O–H groups in total. The van der Waals surface area contributed by atoms with Crippen LogP contribution in [0.2, 0.25) is 0 Å². The molecule has 1 fully saturated rings. The van der Waals surface area contributed by atoms with E-state index in [0.717, 1.165) is 30.7 Å². The number of piperidine rings is 1. The summed E-state index contributed by atoms with van der Waals surface area (Å²) in [7, 11) is 0. The van der Waals surface area contributed by atoms with Gasteiger partial charge in [-0.3, -0.25) is 0 Å². The molecule has 0 radical (unpaired) electrons. The van der Waals surface area contributed by atoms with Gasteiger partial charge in [-0.2, -0.15) is 0 Å². The fourth-order valence-corrected chi connectivity index (χ4v) is 5.30. The van der Waals surface area contributed by atoms with E-state index in [1.54, 1.807) is 10.4 Å². The van der Waals surface area contributed by atoms with E-state index in [0.29, 0.717) is 0 Å². The van der Waals surface area contributed by atoms with Crippen LogP contribution >= 0.6 is 11.3 Å². The summed E-state index contributed by atoms with van der Waals surface area (Å²) in [6.07, 6.45) is 6.32. The molecule has 1 atom stereocenters. The highest BCUT2D eigenvalue weighted by Crippen LogP contribution is 2.41. The van der Waals surface area contributed by atoms with Crippen molar-refractivity contribution in [2.24, 2.45) is 11.8 Å². The van der Waals surface area contributed by atoms with Crippen molar-refractivity contribution < 1.29 is 0 Å². The van der Waals surface area contributed by atoms with Crippen LogP contribution in [0.15, 0.2) is 0 Å². The zero-order chi connectivity index (χ0) is 15.3. The molecule has 1 saturated heterocycles. The highest BCUT2D eigenvalue weighted by Gasteiger charge is 2.26. The Morgan fingerprint density at radius 3 is 2.59 bits per heavy atom. The first-order chi connectivity index (χ1) is 10.6. The van der Waals surface area contributed by atoms with Gasteiger partial charge < -0.3 is 4.90 Å². The number of aromatic nitrogens is 2. The van der Waals surface area contributed by atoms with Gasteiger partial charge in [0.25, 0.3) is 0 Å². The summed E-state index contributed by atoms with van der Waals surface area (Å²) < 4.78 is 0. The van der Waals surface area contributed by atoms with E-state index in [-0.39, 0.29) is 0 Å². The van der Waals surface area contributed by atoms with Gasteiger partial charge in [0.1, 0.15) is 16.5 Å². The number of hydrogen-bond donors (Lipinski definition) is 0. The number of hydrogen-bond acceptors (Lipinski definition) is 4. The summed E-state index contributed by atoms with van der Waals surface area (Å²) in [5, 5.41) is 1.38. The molecular formula is C18H25N3S. The van der Waals surface area contributed by atoms with Crippen molar-refractivity contribution in [1.29, 1.82) is 0 Å². The molecule has 2 aliphatic rings. The van der Waals surface area contributed by atoms with Crippen molar-refractivity contribution in [2.45, 2.75) is 52.9 Å². The van der Waals surface area contributed by atoms with Gasteiger partial charge in [0.15, 0.2) is 0 Å². The molecule has 0 spiro atoms. The van der Waals surface area contributed by atoms with Gasteiger partial charge in [-0.1, -0.05) is 13.8 Å². The Hall–Kier alpha value is -1.16. The third-order valence-electron chi connectivity index (χ3n) is 5.33. The van der Waals surface area contributed by atoms with Crippen molar-refractivity contribution in [3.05, 3.63) is 16.3 Å². The Morgan fingerprint density at radius 2 is 1.82 bits per heavy atom. The molecule has 1 aliphatic heterocycles. The normalized spacial score (nSPS) is 23.0. The molecule has 0 aromatic carbocycles. The first kappa shape index (κ1) is 14.4. The van der Waals surface area contributed by atoms with Crippen LogP contribution in [0.4, 0.5) is 5.82 Å². The number of rotatable bonds is 1. The maximum atomic E-state index is 4.87. The highest BCUT2D eigenvalue weighted by atomic mass is 32.1. The summed E-state index contributed by atoms with van der Waals surface area (Å²) in [5.74, 6) is 3.81. The third-order valence-corrected chi connectivity index (χ3v) is 6.48. The van der Waals surface area contributed by atoms with E-state index in [9.17, 15) is 0 Å². The second-order valence-electron chi connectivity index (χ2n) is 7.30. The zero-order valence-electron chi connectivity index (χ0n) is 13.9. The van der Waals surface area contributed by atoms with Crippen LogP contribution in [0, 0.1) is 18.8 Å². The van der Waals surface area contributed by atoms with Gasteiger partial charge in [-0.15, -0.1) is 11.3 Å². The number of aryl methyl sites for hydroxylation is 2. The van der Waals surface area contributed by atoms with Gasteiger partial charge in [0.2, 0.25) is 0 Å². The highest BCUT2D eigenvalue weighted by molar-refractivity contribution is 7.19. The molecule has 2 aromatic heterocycles. The van der Waals surface area contributed by atoms with Gasteiger partial charge in [0, 0.05) is 18.0 Å². The van der Waals surface area contributed by atoms with Gasteiger partial charge in [-0.25, -0.2) is 9.97 Å². The van der Waals surface area contributed by atoms with Crippen molar-refractivity contribution >= 4 is 27.4 Å². The number of fused-ring (bicyclic) bond motifs is 3. The quantitative estimate of drug-likeness (QED) is 0.783. The standard InChI is InChI=1S/C18H25N3S/c1-11-6-8-21(9-7-11)17-16-14-5-4-12(2)10-15(14)22-18(16)20-13(3)19-17/h11-12H,4-10H2,1-3H3/t12-/m0/s1. The van der Waals surface area contributed by atoms with Crippen molar-refractivity contribution in [3.8, 4) is 0 Å². The maximum absolute atomic E-state index is 4.87. The molecule has 2 aromatic rings. The van der Waals surface area contributed by atoms with E-state index < -0.39 is 0 Å². The largest absolute Gasteiger partial charge is 0.356 e. The van der Waals surface area contributed by atoms with E-state index in [2.05, 4.69) is 18.7 Å². The SMILES string of the molecule is Cc1nc(N2CCC(C)CC2)c2c3c(sc2n1)C[C@@H](C)CC3. The first-order valence-corrected chi connectivity index (χ1v) is 9.47. The molecule has 22 heavy (non-hydrogen) atoms. The summed E-state index contributed by atoms with van der Waals surface area (Å²) in [6, 6.07) is 0. The summed E-state index contributed by atoms with van der Waals surface area (Å²) in [5.41, 5.74) is 1.56. The van der Waals surface area contributed by atoms with Crippen molar-refractivity contribution in [3.63, 3.8) is 0 Å². The van der Waals surface area contributed by atoms with Gasteiger partial charge >= 0.3 is 0 Å². The minimum absolute atomic E-state index is 0.814. The summed E-state index contributed by atoms with van der Waals surface area (Å²) in [4.78, 5) is 14.9. The predicted octanol–water partition coefficient (Wildman–Crippen LogP) is 4.36. The monoisotopic (exact) mass is 315 g/mol. The number of nitrogens with zero attached hydrogens (tertiary/aromatic N) is 3. The maximum Gasteiger partial charge on any atom is 0.141 e. The summed E-state index contributed by atoms with van der Waals surface area (Å²) >= 11 is 1.92. The number of anilines is 1. The Bertz CT molecular complexity index is 698. The van der Waals surface area contributed by atoms with Crippen LogP contribution in [-0.2, 0) is 12.8 Å². The molecule has 0 unspecified atom stereocenters. The second kappa shape index (κ2) is 5.48. The van der Waals surface area contributed by atoms with E-state index in [1.807, 2.05) is 18.3 Å². The molecule has 4 heteroatoms. The van der Waals surface area contributed by atoms with Crippen LogP contribution in [-0.4, -0.2) is 23.1 Å². The van der Waals surface area contributed by atoms with Crippen molar-refractivity contribution in [2.75, 3.05) is 18.0 Å². The zero-order valence-corrected chi connectivity index (χ0v) is 14.7. The molecule has 0 amide bonds. The third kappa shape index (κ3) is 2.41. The molecular weight excluding hydrogens is 290 g/mol. The van der Waals surface area contributed by atoms with Gasteiger partial charge in [-0.05, 0) is 56.4 Å². The van der Waals surface area contributed by atoms with E-state index in [4.69, 9.17) is 9.97 Å². The van der Waals surface area contributed by atoms with Gasteiger partial charge in [0.05, 0.1) is 5.39 Å². The Balaban J connectivity index is 1.83. The number of thiophene rings is 1. The van der Waals surface area contributed by atoms with E-state index in [1.165, 1.54) is 48.1 Å². The Kier molecular flexibility index (Phi) is 3.60. The molecule has 0 saturated carbocycles. The first-order valence-electron chi connectivity index (χ1n) is 8.65. The Morgan fingerprint density at radius 1 is 1.05 bits per heavy atom. The predicted molar refractivity (Wildman–Crippen MR) is 94.0 cm³/mol. The molecule has 4 rings (SSSR count). The molecule has 0 bridgehead atoms. The fraction of sp³-hybridized carbons (Fsp3) is 0.667. The molecule has 1 aliphatic carbocycles. The van der Waals surface area contributed by atoms with Crippen molar-refractivity contribution in [1.82, 2.24) is 9.97 Å². The minimum atomic E-state index is 0.814. The van der Waals surface area contributed by atoms with Crippen LogP contribution < -0.4 is 4.90 Å². The molecule has 3 nitrogen and oxygen atoms in total. The lowest BCUT2D eigenvalue weighted by molar-refractivity contribution is 0.437. The molecule has 118 valence electrons. The average molecular weight is 315 g/mol. The minimum Gasteiger partial charge on any atom is -0.356 e. The lowest BCUT2D eigenvalue weighted by Crippen LogP contribution is -2.33. The van der Waals surface area contributed by atoms with Crippen LogP contribution in [0.25, 0.3) is 10.2 Å². The smallest absolute Gasteiger partial charge is 0.141 e. The van der Waals surface area contributed by atoms with Crippen LogP contribution in [0.3, 0.4) is 0 Å². The van der Waals surface area contributed by atoms with Crippen LogP contribution in [0.5, 0.6) is 0 Å². The second-order valence-corrected chi connectivity index (χ2v) is 8.38. The average Bonchev–Trinajstić information content (AvgIpc) is 2.84. The molecule has 3 heterocycles. The lowest BCUT2D eigenvalue weighted by Gasteiger charge is -2.32. The topological polar surface area (TPSA) is 29.0 Å². The fourth-order valence-electron chi connectivity index (χ4n) is 3.88. The summed E-state index contributed by atoms with van der Waals surface area (Å²) in [6.45, 7) is 9.07.